The van der Waals surface area contributed by atoms with Gasteiger partial charge in [0.05, 0.1) is 13.2 Å². The van der Waals surface area contributed by atoms with Crippen LogP contribution < -0.4 is 16.4 Å². The largest absolute Gasteiger partial charge is 0.450 e. The van der Waals surface area contributed by atoms with Gasteiger partial charge >= 0.3 is 6.09 Å². The van der Waals surface area contributed by atoms with Crippen molar-refractivity contribution in [2.75, 3.05) is 32.8 Å². The minimum Gasteiger partial charge on any atom is -0.450 e. The summed E-state index contributed by atoms with van der Waals surface area (Å²) in [7, 11) is 0. The first kappa shape index (κ1) is 17.4. The second-order valence-electron chi connectivity index (χ2n) is 5.94. The van der Waals surface area contributed by atoms with E-state index in [0.717, 1.165) is 25.7 Å². The lowest BCUT2D eigenvalue weighted by Crippen LogP contribution is -2.48. The minimum atomic E-state index is -0.251. The molecule has 0 spiro atoms. The molecule has 2 aliphatic rings. The highest BCUT2D eigenvalue weighted by Crippen LogP contribution is 2.28. The van der Waals surface area contributed by atoms with E-state index in [2.05, 4.69) is 15.6 Å². The molecule has 23 heavy (non-hydrogen) atoms. The highest BCUT2D eigenvalue weighted by Gasteiger charge is 2.29. The van der Waals surface area contributed by atoms with E-state index in [4.69, 9.17) is 10.5 Å². The normalized spacial score (nSPS) is 19.3. The molecule has 1 heterocycles. The fourth-order valence-corrected chi connectivity index (χ4v) is 2.52. The van der Waals surface area contributed by atoms with E-state index in [0.29, 0.717) is 38.7 Å². The molecule has 1 saturated heterocycles. The Labute approximate surface area is 136 Å². The number of hydrogen-bond donors (Lipinski definition) is 3. The van der Waals surface area contributed by atoms with Crippen molar-refractivity contribution in [1.29, 1.82) is 0 Å². The molecule has 0 atom stereocenters. The number of nitrogens with two attached hydrogens (primary N) is 1. The average Bonchev–Trinajstić information content (AvgIpc) is 3.37. The van der Waals surface area contributed by atoms with Crippen molar-refractivity contribution in [3.8, 4) is 0 Å². The van der Waals surface area contributed by atoms with Crippen LogP contribution in [0.5, 0.6) is 0 Å². The maximum absolute atomic E-state index is 11.6. The van der Waals surface area contributed by atoms with Crippen LogP contribution in [0.25, 0.3) is 0 Å². The van der Waals surface area contributed by atoms with Crippen LogP contribution in [0.15, 0.2) is 4.99 Å². The molecule has 2 rings (SSSR count). The molecule has 0 aromatic carbocycles. The van der Waals surface area contributed by atoms with E-state index >= 15 is 0 Å². The number of piperidine rings is 1. The third-order valence-corrected chi connectivity index (χ3v) is 4.01. The van der Waals surface area contributed by atoms with Gasteiger partial charge in [-0.1, -0.05) is 0 Å². The van der Waals surface area contributed by atoms with Crippen LogP contribution in [0.2, 0.25) is 0 Å². The molecule has 1 aliphatic heterocycles. The Morgan fingerprint density at radius 3 is 2.57 bits per heavy atom. The van der Waals surface area contributed by atoms with Gasteiger partial charge in [0, 0.05) is 31.6 Å². The summed E-state index contributed by atoms with van der Waals surface area (Å²) in [6.07, 6.45) is 3.38. The first-order chi connectivity index (χ1) is 11.1. The molecule has 2 amide bonds. The Kier molecular flexibility index (Phi) is 6.49. The maximum atomic E-state index is 11.6. The Morgan fingerprint density at radius 2 is 1.96 bits per heavy atom. The molecule has 8 heteroatoms. The van der Waals surface area contributed by atoms with Crippen LogP contribution in [0, 0.1) is 5.92 Å². The summed E-state index contributed by atoms with van der Waals surface area (Å²) in [5.41, 5.74) is 5.86. The minimum absolute atomic E-state index is 0.123. The maximum Gasteiger partial charge on any atom is 0.409 e. The van der Waals surface area contributed by atoms with Crippen LogP contribution in [-0.2, 0) is 9.53 Å². The molecular weight excluding hydrogens is 298 g/mol. The number of carbonyl (C=O) groups is 2. The van der Waals surface area contributed by atoms with Crippen molar-refractivity contribution in [2.24, 2.45) is 16.6 Å². The summed E-state index contributed by atoms with van der Waals surface area (Å²) in [6, 6.07) is 0.213. The van der Waals surface area contributed by atoms with E-state index in [-0.39, 0.29) is 24.0 Å². The summed E-state index contributed by atoms with van der Waals surface area (Å²) in [4.78, 5) is 29.0. The van der Waals surface area contributed by atoms with Gasteiger partial charge in [-0.15, -0.1) is 0 Å². The summed E-state index contributed by atoms with van der Waals surface area (Å²) < 4.78 is 4.99. The zero-order chi connectivity index (χ0) is 16.7. The molecule has 1 saturated carbocycles. The quantitative estimate of drug-likeness (QED) is 0.363. The molecule has 2 fully saturated rings. The highest BCUT2D eigenvalue weighted by atomic mass is 16.6. The summed E-state index contributed by atoms with van der Waals surface area (Å²) in [5, 5.41) is 6.02. The van der Waals surface area contributed by atoms with Gasteiger partial charge in [-0.2, -0.15) is 0 Å². The molecule has 0 aromatic rings. The fraction of sp³-hybridized carbons (Fsp3) is 0.800. The number of rotatable bonds is 6. The number of hydrogen-bond acceptors (Lipinski definition) is 4. The van der Waals surface area contributed by atoms with E-state index in [1.54, 1.807) is 11.8 Å². The average molecular weight is 325 g/mol. The third kappa shape index (κ3) is 5.96. The van der Waals surface area contributed by atoms with E-state index in [1.165, 1.54) is 0 Å². The fourth-order valence-electron chi connectivity index (χ4n) is 2.52. The number of carbonyl (C=O) groups excluding carboxylic acids is 2. The summed E-state index contributed by atoms with van der Waals surface area (Å²) >= 11 is 0. The number of nitrogens with zero attached hydrogens (tertiary/aromatic N) is 2. The zero-order valence-electron chi connectivity index (χ0n) is 13.7. The van der Waals surface area contributed by atoms with Gasteiger partial charge in [-0.05, 0) is 32.6 Å². The van der Waals surface area contributed by atoms with E-state index in [1.807, 2.05) is 0 Å². The van der Waals surface area contributed by atoms with Crippen molar-refractivity contribution in [1.82, 2.24) is 15.5 Å². The van der Waals surface area contributed by atoms with Crippen LogP contribution in [0.3, 0.4) is 0 Å². The molecule has 0 bridgehead atoms. The van der Waals surface area contributed by atoms with Gasteiger partial charge < -0.3 is 26.0 Å². The van der Waals surface area contributed by atoms with Gasteiger partial charge in [-0.25, -0.2) is 4.79 Å². The lowest BCUT2D eigenvalue weighted by atomic mass is 10.1. The smallest absolute Gasteiger partial charge is 0.409 e. The SMILES string of the molecule is CCOC(=O)N1CCC(NC(N)=NCCNC(=O)C2CC2)CC1. The molecule has 4 N–H and O–H groups in total. The molecule has 0 unspecified atom stereocenters. The molecule has 8 nitrogen and oxygen atoms in total. The number of amides is 2. The lowest BCUT2D eigenvalue weighted by Gasteiger charge is -2.31. The van der Waals surface area contributed by atoms with Crippen molar-refractivity contribution in [2.45, 2.75) is 38.6 Å². The van der Waals surface area contributed by atoms with Gasteiger partial charge in [0.2, 0.25) is 5.91 Å². The van der Waals surface area contributed by atoms with Crippen molar-refractivity contribution in [3.05, 3.63) is 0 Å². The van der Waals surface area contributed by atoms with Crippen LogP contribution in [0.1, 0.15) is 32.6 Å². The molecule has 130 valence electrons. The molecular formula is C15H27N5O3. The number of nitrogens with one attached hydrogen (secondary N) is 2. The molecule has 0 aromatic heterocycles. The topological polar surface area (TPSA) is 109 Å². The third-order valence-electron chi connectivity index (χ3n) is 4.01. The Hall–Kier alpha value is -1.99. The highest BCUT2D eigenvalue weighted by molar-refractivity contribution is 5.81. The number of likely N-dealkylation sites (tertiary alicyclic amines) is 1. The van der Waals surface area contributed by atoms with E-state index < -0.39 is 0 Å². The van der Waals surface area contributed by atoms with E-state index in [9.17, 15) is 9.59 Å². The second kappa shape index (κ2) is 8.59. The Morgan fingerprint density at radius 1 is 1.26 bits per heavy atom. The van der Waals surface area contributed by atoms with Crippen LogP contribution in [-0.4, -0.2) is 61.7 Å². The number of aliphatic imine (C=N–C) groups is 1. The van der Waals surface area contributed by atoms with Crippen LogP contribution in [0.4, 0.5) is 4.79 Å². The first-order valence-corrected chi connectivity index (χ1v) is 8.36. The molecule has 0 radical (unpaired) electrons. The van der Waals surface area contributed by atoms with Crippen molar-refractivity contribution < 1.29 is 14.3 Å². The Balaban J connectivity index is 1.59. The summed E-state index contributed by atoms with van der Waals surface area (Å²) in [5.74, 6) is 0.734. The Bertz CT molecular complexity index is 442. The van der Waals surface area contributed by atoms with Gasteiger partial charge in [-0.3, -0.25) is 9.79 Å². The second-order valence-corrected chi connectivity index (χ2v) is 5.94. The van der Waals surface area contributed by atoms with Gasteiger partial charge in [0.15, 0.2) is 5.96 Å². The van der Waals surface area contributed by atoms with Crippen molar-refractivity contribution in [3.63, 3.8) is 0 Å². The predicted molar refractivity (Wildman–Crippen MR) is 87.0 cm³/mol. The number of guanidine groups is 1. The number of ether oxygens (including phenoxy) is 1. The molecule has 1 aliphatic carbocycles. The first-order valence-electron chi connectivity index (χ1n) is 8.36. The lowest BCUT2D eigenvalue weighted by molar-refractivity contribution is -0.122. The van der Waals surface area contributed by atoms with Crippen molar-refractivity contribution >= 4 is 18.0 Å². The monoisotopic (exact) mass is 325 g/mol. The van der Waals surface area contributed by atoms with Gasteiger partial charge in [0.1, 0.15) is 0 Å². The van der Waals surface area contributed by atoms with Gasteiger partial charge in [0.25, 0.3) is 0 Å². The summed E-state index contributed by atoms with van der Waals surface area (Å²) in [6.45, 7) is 4.49. The zero-order valence-corrected chi connectivity index (χ0v) is 13.7. The standard InChI is InChI=1S/C15H27N5O3/c1-2-23-15(22)20-9-5-12(6-10-20)19-14(16)18-8-7-17-13(21)11-3-4-11/h11-12H,2-10H2,1H3,(H,17,21)(H3,16,18,19). The predicted octanol–water partition coefficient (Wildman–Crippen LogP) is 0.0378. The van der Waals surface area contributed by atoms with Crippen LogP contribution >= 0.6 is 0 Å².